The van der Waals surface area contributed by atoms with E-state index in [2.05, 4.69) is 21.7 Å². The molecule has 0 bridgehead atoms. The van der Waals surface area contributed by atoms with Crippen LogP contribution >= 0.6 is 11.3 Å². The van der Waals surface area contributed by atoms with E-state index >= 15 is 0 Å². The highest BCUT2D eigenvalue weighted by atomic mass is 32.1. The second kappa shape index (κ2) is 5.17. The monoisotopic (exact) mass is 288 g/mol. The van der Waals surface area contributed by atoms with E-state index in [-0.39, 0.29) is 5.56 Å². The predicted molar refractivity (Wildman–Crippen MR) is 81.3 cm³/mol. The number of nitrogens with two attached hydrogens (primary N) is 1. The molecule has 0 atom stereocenters. The Morgan fingerprint density at radius 1 is 1.40 bits per heavy atom. The van der Waals surface area contributed by atoms with E-state index in [0.717, 1.165) is 25.1 Å². The summed E-state index contributed by atoms with van der Waals surface area (Å²) >= 11 is 1.68. The number of rotatable bonds is 5. The van der Waals surface area contributed by atoms with Gasteiger partial charge in [0.05, 0.1) is 5.56 Å². The third-order valence-corrected chi connectivity index (χ3v) is 4.25. The Bertz CT molecular complexity index is 621. The van der Waals surface area contributed by atoms with Gasteiger partial charge < -0.3 is 15.7 Å². The Balaban J connectivity index is 1.91. The molecule has 0 saturated heterocycles. The van der Waals surface area contributed by atoms with E-state index in [1.54, 1.807) is 23.5 Å². The van der Waals surface area contributed by atoms with Crippen molar-refractivity contribution in [1.82, 2.24) is 0 Å². The molecule has 1 saturated carbocycles. The average Bonchev–Trinajstić information content (AvgIpc) is 3.14. The summed E-state index contributed by atoms with van der Waals surface area (Å²) in [6, 6.07) is 7.90. The number of hydrogen-bond acceptors (Lipinski definition) is 4. The Hall–Kier alpha value is -2.01. The summed E-state index contributed by atoms with van der Waals surface area (Å²) in [5.41, 5.74) is 8.41. The third kappa shape index (κ3) is 2.63. The van der Waals surface area contributed by atoms with Gasteiger partial charge >= 0.3 is 5.97 Å². The smallest absolute Gasteiger partial charge is 0.337 e. The highest BCUT2D eigenvalue weighted by Crippen LogP contribution is 2.34. The number of carboxylic acids is 1. The van der Waals surface area contributed by atoms with Gasteiger partial charge in [-0.2, -0.15) is 11.3 Å². The molecule has 3 N–H and O–H groups in total. The lowest BCUT2D eigenvalue weighted by molar-refractivity contribution is 0.0698. The summed E-state index contributed by atoms with van der Waals surface area (Å²) in [6.07, 6.45) is 2.33. The molecule has 0 radical (unpaired) electrons. The van der Waals surface area contributed by atoms with Crippen LogP contribution < -0.4 is 10.6 Å². The predicted octanol–water partition coefficient (Wildman–Crippen LogP) is 3.20. The lowest BCUT2D eigenvalue weighted by Crippen LogP contribution is -2.25. The van der Waals surface area contributed by atoms with Crippen LogP contribution in [0.15, 0.2) is 35.0 Å². The second-order valence-corrected chi connectivity index (χ2v) is 5.85. The van der Waals surface area contributed by atoms with E-state index in [1.807, 2.05) is 6.07 Å². The number of hydrogen-bond donors (Lipinski definition) is 2. The van der Waals surface area contributed by atoms with Gasteiger partial charge in [0.15, 0.2) is 0 Å². The lowest BCUT2D eigenvalue weighted by Gasteiger charge is -2.25. The van der Waals surface area contributed by atoms with Crippen LogP contribution in [0, 0.1) is 0 Å². The molecule has 5 heteroatoms. The summed E-state index contributed by atoms with van der Waals surface area (Å²) in [6.45, 7) is 0.817. The van der Waals surface area contributed by atoms with Crippen LogP contribution in [0.2, 0.25) is 0 Å². The van der Waals surface area contributed by atoms with Gasteiger partial charge in [-0.05, 0) is 53.4 Å². The normalized spacial score (nSPS) is 14.2. The van der Waals surface area contributed by atoms with Gasteiger partial charge in [-0.25, -0.2) is 4.79 Å². The van der Waals surface area contributed by atoms with Crippen LogP contribution in [0.4, 0.5) is 11.4 Å². The van der Waals surface area contributed by atoms with Crippen molar-refractivity contribution in [2.75, 3.05) is 10.6 Å². The van der Waals surface area contributed by atoms with Gasteiger partial charge in [0.1, 0.15) is 0 Å². The molecule has 1 aromatic heterocycles. The number of thiophene rings is 1. The van der Waals surface area contributed by atoms with E-state index in [1.165, 1.54) is 5.56 Å². The summed E-state index contributed by atoms with van der Waals surface area (Å²) < 4.78 is 0. The number of benzene rings is 1. The number of aromatic carboxylic acids is 1. The minimum absolute atomic E-state index is 0.179. The van der Waals surface area contributed by atoms with E-state index in [4.69, 9.17) is 5.73 Å². The maximum Gasteiger partial charge on any atom is 0.337 e. The average molecular weight is 288 g/mol. The highest BCUT2D eigenvalue weighted by molar-refractivity contribution is 7.07. The molecule has 104 valence electrons. The van der Waals surface area contributed by atoms with Gasteiger partial charge in [0, 0.05) is 24.0 Å². The molecular formula is C15H16N2O2S. The zero-order chi connectivity index (χ0) is 14.1. The van der Waals surface area contributed by atoms with Crippen LogP contribution in [0.25, 0.3) is 0 Å². The van der Waals surface area contributed by atoms with E-state index in [9.17, 15) is 9.90 Å². The summed E-state index contributed by atoms with van der Waals surface area (Å²) in [5, 5.41) is 13.4. The quantitative estimate of drug-likeness (QED) is 0.829. The molecule has 3 rings (SSSR count). The summed E-state index contributed by atoms with van der Waals surface area (Å²) in [4.78, 5) is 13.5. The van der Waals surface area contributed by atoms with Gasteiger partial charge in [0.25, 0.3) is 0 Å². The molecule has 1 aliphatic rings. The molecule has 1 aromatic carbocycles. The van der Waals surface area contributed by atoms with Crippen LogP contribution in [-0.2, 0) is 6.54 Å². The second-order valence-electron chi connectivity index (χ2n) is 5.07. The van der Waals surface area contributed by atoms with Gasteiger partial charge in [-0.15, -0.1) is 0 Å². The molecule has 1 heterocycles. The molecule has 1 aliphatic carbocycles. The SMILES string of the molecule is Nc1ccc(N(Cc2ccsc2)C2CC2)cc1C(=O)O. The Kier molecular flexibility index (Phi) is 3.36. The van der Waals surface area contributed by atoms with E-state index in [0.29, 0.717) is 11.7 Å². The number of nitrogen functional groups attached to an aromatic ring is 1. The Morgan fingerprint density at radius 3 is 2.80 bits per heavy atom. The maximum atomic E-state index is 11.2. The number of carbonyl (C=O) groups is 1. The molecular weight excluding hydrogens is 272 g/mol. The fourth-order valence-electron chi connectivity index (χ4n) is 2.30. The van der Waals surface area contributed by atoms with Crippen molar-refractivity contribution < 1.29 is 9.90 Å². The molecule has 20 heavy (non-hydrogen) atoms. The Morgan fingerprint density at radius 2 is 2.20 bits per heavy atom. The minimum Gasteiger partial charge on any atom is -0.478 e. The summed E-state index contributed by atoms with van der Waals surface area (Å²) in [5.74, 6) is -0.976. The van der Waals surface area contributed by atoms with Crippen molar-refractivity contribution >= 4 is 28.7 Å². The standard InChI is InChI=1S/C15H16N2O2S/c16-14-4-3-12(7-13(14)15(18)19)17(11-1-2-11)8-10-5-6-20-9-10/h3-7,9,11H,1-2,8,16H2,(H,18,19). The fraction of sp³-hybridized carbons (Fsp3) is 0.267. The first-order chi connectivity index (χ1) is 9.65. The van der Waals surface area contributed by atoms with Gasteiger partial charge in [-0.3, -0.25) is 0 Å². The maximum absolute atomic E-state index is 11.2. The molecule has 2 aromatic rings. The first kappa shape index (κ1) is 13.0. The number of nitrogens with zero attached hydrogens (tertiary/aromatic N) is 1. The zero-order valence-electron chi connectivity index (χ0n) is 11.0. The molecule has 1 fully saturated rings. The van der Waals surface area contributed by atoms with Crippen molar-refractivity contribution in [1.29, 1.82) is 0 Å². The van der Waals surface area contributed by atoms with Crippen molar-refractivity contribution in [2.24, 2.45) is 0 Å². The molecule has 0 aliphatic heterocycles. The zero-order valence-corrected chi connectivity index (χ0v) is 11.8. The topological polar surface area (TPSA) is 66.6 Å². The van der Waals surface area contributed by atoms with Crippen LogP contribution in [0.3, 0.4) is 0 Å². The Labute approximate surface area is 121 Å². The summed E-state index contributed by atoms with van der Waals surface area (Å²) in [7, 11) is 0. The highest BCUT2D eigenvalue weighted by Gasteiger charge is 2.30. The number of carboxylic acid groups (broad SMARTS) is 1. The van der Waals surface area contributed by atoms with Crippen molar-refractivity contribution in [2.45, 2.75) is 25.4 Å². The van der Waals surface area contributed by atoms with Crippen molar-refractivity contribution in [3.63, 3.8) is 0 Å². The first-order valence-corrected chi connectivity index (χ1v) is 7.50. The fourth-order valence-corrected chi connectivity index (χ4v) is 2.96. The molecule has 0 spiro atoms. The van der Waals surface area contributed by atoms with E-state index < -0.39 is 5.97 Å². The van der Waals surface area contributed by atoms with Crippen molar-refractivity contribution in [3.05, 3.63) is 46.2 Å². The largest absolute Gasteiger partial charge is 0.478 e. The molecule has 0 unspecified atom stereocenters. The van der Waals surface area contributed by atoms with Crippen LogP contribution in [0.1, 0.15) is 28.8 Å². The molecule has 0 amide bonds. The van der Waals surface area contributed by atoms with Crippen molar-refractivity contribution in [3.8, 4) is 0 Å². The third-order valence-electron chi connectivity index (χ3n) is 3.52. The number of anilines is 2. The minimum atomic E-state index is -0.976. The van der Waals surface area contributed by atoms with Crippen LogP contribution in [0.5, 0.6) is 0 Å². The van der Waals surface area contributed by atoms with Gasteiger partial charge in [-0.1, -0.05) is 0 Å². The lowest BCUT2D eigenvalue weighted by atomic mass is 10.1. The molecule has 4 nitrogen and oxygen atoms in total. The first-order valence-electron chi connectivity index (χ1n) is 6.55. The van der Waals surface area contributed by atoms with Crippen LogP contribution in [-0.4, -0.2) is 17.1 Å². The van der Waals surface area contributed by atoms with Gasteiger partial charge in [0.2, 0.25) is 0 Å².